The third-order valence-corrected chi connectivity index (χ3v) is 5.88. The van der Waals surface area contributed by atoms with E-state index < -0.39 is 0 Å². The van der Waals surface area contributed by atoms with Gasteiger partial charge in [0.2, 0.25) is 0 Å². The van der Waals surface area contributed by atoms with Crippen LogP contribution in [0.4, 0.5) is 5.69 Å². The van der Waals surface area contributed by atoms with Gasteiger partial charge in [0, 0.05) is 24.3 Å². The standard InChI is InChI=1S/C27H34N2O4/c1-6-7-21-9-11-24(25(13-21)32-5)33-17-26(30)28-23-14-22(10-8-20(23)4)27(31)29-15-18(2)12-19(3)16-29/h6,8-11,13-14,18-19H,1,7,12,15-17H2,2-5H3,(H,28,30). The Kier molecular flexibility index (Phi) is 8.15. The molecule has 0 aliphatic carbocycles. The Morgan fingerprint density at radius 3 is 2.52 bits per heavy atom. The average Bonchev–Trinajstić information content (AvgIpc) is 2.78. The first-order valence-corrected chi connectivity index (χ1v) is 11.4. The quantitative estimate of drug-likeness (QED) is 0.583. The highest BCUT2D eigenvalue weighted by molar-refractivity contribution is 5.98. The lowest BCUT2D eigenvalue weighted by atomic mass is 9.91. The zero-order valence-electron chi connectivity index (χ0n) is 20.0. The number of hydrogen-bond donors (Lipinski definition) is 1. The minimum Gasteiger partial charge on any atom is -0.493 e. The molecule has 1 aliphatic rings. The van der Waals surface area contributed by atoms with Crippen LogP contribution in [0.15, 0.2) is 49.1 Å². The predicted octanol–water partition coefficient (Wildman–Crippen LogP) is 4.87. The van der Waals surface area contributed by atoms with Gasteiger partial charge in [0.05, 0.1) is 7.11 Å². The molecule has 1 aliphatic heterocycles. The topological polar surface area (TPSA) is 67.9 Å². The van der Waals surface area contributed by atoms with Crippen LogP contribution in [0, 0.1) is 18.8 Å². The summed E-state index contributed by atoms with van der Waals surface area (Å²) in [6.45, 7) is 11.4. The molecule has 2 atom stereocenters. The molecular weight excluding hydrogens is 416 g/mol. The largest absolute Gasteiger partial charge is 0.493 e. The average molecular weight is 451 g/mol. The highest BCUT2D eigenvalue weighted by Gasteiger charge is 2.26. The number of piperidine rings is 1. The Morgan fingerprint density at radius 1 is 1.12 bits per heavy atom. The van der Waals surface area contributed by atoms with Crippen LogP contribution in [-0.2, 0) is 11.2 Å². The predicted molar refractivity (Wildman–Crippen MR) is 131 cm³/mol. The second-order valence-corrected chi connectivity index (χ2v) is 9.00. The summed E-state index contributed by atoms with van der Waals surface area (Å²) in [7, 11) is 1.57. The van der Waals surface area contributed by atoms with E-state index in [0.29, 0.717) is 34.6 Å². The van der Waals surface area contributed by atoms with Gasteiger partial charge in [-0.05, 0) is 67.0 Å². The number of allylic oxidation sites excluding steroid dienone is 1. The van der Waals surface area contributed by atoms with E-state index in [1.807, 2.05) is 42.2 Å². The van der Waals surface area contributed by atoms with Gasteiger partial charge in [-0.3, -0.25) is 9.59 Å². The molecule has 2 aromatic rings. The number of anilines is 1. The molecule has 0 radical (unpaired) electrons. The minimum atomic E-state index is -0.305. The lowest BCUT2D eigenvalue weighted by Crippen LogP contribution is -2.42. The van der Waals surface area contributed by atoms with Gasteiger partial charge in [0.15, 0.2) is 18.1 Å². The zero-order chi connectivity index (χ0) is 24.0. The fourth-order valence-electron chi connectivity index (χ4n) is 4.36. The molecule has 0 aromatic heterocycles. The molecule has 0 saturated carbocycles. The zero-order valence-corrected chi connectivity index (χ0v) is 20.0. The van der Waals surface area contributed by atoms with Crippen molar-refractivity contribution in [1.82, 2.24) is 4.90 Å². The molecule has 2 amide bonds. The first kappa shape index (κ1) is 24.4. The van der Waals surface area contributed by atoms with E-state index in [1.54, 1.807) is 19.2 Å². The van der Waals surface area contributed by atoms with Gasteiger partial charge < -0.3 is 19.7 Å². The van der Waals surface area contributed by atoms with Crippen molar-refractivity contribution in [3.05, 3.63) is 65.7 Å². The third-order valence-electron chi connectivity index (χ3n) is 5.88. The molecule has 0 bridgehead atoms. The summed E-state index contributed by atoms with van der Waals surface area (Å²) < 4.78 is 11.1. The van der Waals surface area contributed by atoms with Crippen molar-refractivity contribution >= 4 is 17.5 Å². The first-order valence-electron chi connectivity index (χ1n) is 11.4. The lowest BCUT2D eigenvalue weighted by Gasteiger charge is -2.35. The molecule has 1 N–H and O–H groups in total. The fourth-order valence-corrected chi connectivity index (χ4v) is 4.36. The van der Waals surface area contributed by atoms with Crippen LogP contribution in [0.2, 0.25) is 0 Å². The van der Waals surface area contributed by atoms with Crippen LogP contribution in [0.1, 0.15) is 41.8 Å². The number of methoxy groups -OCH3 is 1. The maximum absolute atomic E-state index is 13.1. The Balaban J connectivity index is 1.65. The maximum atomic E-state index is 13.1. The third kappa shape index (κ3) is 6.37. The molecule has 3 rings (SSSR count). The number of hydrogen-bond acceptors (Lipinski definition) is 4. The Bertz CT molecular complexity index is 1010. The van der Waals surface area contributed by atoms with Crippen molar-refractivity contribution in [3.8, 4) is 11.5 Å². The molecule has 6 nitrogen and oxygen atoms in total. The molecule has 2 aromatic carbocycles. The van der Waals surface area contributed by atoms with E-state index in [1.165, 1.54) is 0 Å². The Labute approximate surface area is 196 Å². The van der Waals surface area contributed by atoms with E-state index in [-0.39, 0.29) is 18.4 Å². The number of aryl methyl sites for hydroxylation is 1. The van der Waals surface area contributed by atoms with Crippen molar-refractivity contribution < 1.29 is 19.1 Å². The van der Waals surface area contributed by atoms with Gasteiger partial charge >= 0.3 is 0 Å². The summed E-state index contributed by atoms with van der Waals surface area (Å²) in [4.78, 5) is 27.6. The van der Waals surface area contributed by atoms with E-state index in [4.69, 9.17) is 9.47 Å². The van der Waals surface area contributed by atoms with Gasteiger partial charge in [-0.25, -0.2) is 0 Å². The molecule has 6 heteroatoms. The van der Waals surface area contributed by atoms with Crippen molar-refractivity contribution in [2.75, 3.05) is 32.1 Å². The second kappa shape index (κ2) is 11.0. The van der Waals surface area contributed by atoms with Crippen LogP contribution in [0.25, 0.3) is 0 Å². The van der Waals surface area contributed by atoms with Gasteiger partial charge in [-0.15, -0.1) is 6.58 Å². The molecule has 176 valence electrons. The Hall–Kier alpha value is -3.28. The van der Waals surface area contributed by atoms with Crippen LogP contribution >= 0.6 is 0 Å². The normalized spacial score (nSPS) is 17.9. The van der Waals surface area contributed by atoms with Gasteiger partial charge in [0.25, 0.3) is 11.8 Å². The number of benzene rings is 2. The monoisotopic (exact) mass is 450 g/mol. The molecule has 1 heterocycles. The molecule has 1 saturated heterocycles. The highest BCUT2D eigenvalue weighted by atomic mass is 16.5. The highest BCUT2D eigenvalue weighted by Crippen LogP contribution is 2.29. The van der Waals surface area contributed by atoms with Crippen LogP contribution in [0.5, 0.6) is 11.5 Å². The second-order valence-electron chi connectivity index (χ2n) is 9.00. The summed E-state index contributed by atoms with van der Waals surface area (Å²) >= 11 is 0. The minimum absolute atomic E-state index is 0.00417. The van der Waals surface area contributed by atoms with Crippen LogP contribution in [-0.4, -0.2) is 43.5 Å². The van der Waals surface area contributed by atoms with Gasteiger partial charge in [-0.1, -0.05) is 32.1 Å². The Morgan fingerprint density at radius 2 is 1.85 bits per heavy atom. The summed E-state index contributed by atoms with van der Waals surface area (Å²) in [6.07, 6.45) is 3.68. The maximum Gasteiger partial charge on any atom is 0.262 e. The van der Waals surface area contributed by atoms with E-state index in [0.717, 1.165) is 37.1 Å². The van der Waals surface area contributed by atoms with Gasteiger partial charge in [-0.2, -0.15) is 0 Å². The summed E-state index contributed by atoms with van der Waals surface area (Å²) in [5, 5.41) is 2.88. The van der Waals surface area contributed by atoms with Crippen molar-refractivity contribution in [2.24, 2.45) is 11.8 Å². The van der Waals surface area contributed by atoms with Crippen molar-refractivity contribution in [1.29, 1.82) is 0 Å². The molecule has 1 fully saturated rings. The van der Waals surface area contributed by atoms with E-state index >= 15 is 0 Å². The van der Waals surface area contributed by atoms with Crippen molar-refractivity contribution in [2.45, 2.75) is 33.6 Å². The number of amides is 2. The molecule has 0 spiro atoms. The number of carbonyl (C=O) groups is 2. The SMILES string of the molecule is C=CCc1ccc(OCC(=O)Nc2cc(C(=O)N3CC(C)CC(C)C3)ccc2C)c(OC)c1. The van der Waals surface area contributed by atoms with Gasteiger partial charge in [0.1, 0.15) is 0 Å². The molecule has 33 heavy (non-hydrogen) atoms. The van der Waals surface area contributed by atoms with Crippen LogP contribution in [0.3, 0.4) is 0 Å². The van der Waals surface area contributed by atoms with E-state index in [9.17, 15) is 9.59 Å². The molecule has 2 unspecified atom stereocenters. The number of rotatable bonds is 8. The number of carbonyl (C=O) groups excluding carboxylic acids is 2. The number of likely N-dealkylation sites (tertiary alicyclic amines) is 1. The van der Waals surface area contributed by atoms with Crippen LogP contribution < -0.4 is 14.8 Å². The summed E-state index contributed by atoms with van der Waals surface area (Å²) in [6, 6.07) is 11.0. The lowest BCUT2D eigenvalue weighted by molar-refractivity contribution is -0.118. The first-order chi connectivity index (χ1) is 15.8. The summed E-state index contributed by atoms with van der Waals surface area (Å²) in [5.41, 5.74) is 3.12. The molecular formula is C27H34N2O4. The summed E-state index contributed by atoms with van der Waals surface area (Å²) in [5.74, 6) is 1.74. The van der Waals surface area contributed by atoms with E-state index in [2.05, 4.69) is 25.7 Å². The fraction of sp³-hybridized carbons (Fsp3) is 0.407. The number of nitrogens with one attached hydrogen (secondary N) is 1. The smallest absolute Gasteiger partial charge is 0.262 e. The number of ether oxygens (including phenoxy) is 2. The van der Waals surface area contributed by atoms with Crippen molar-refractivity contribution in [3.63, 3.8) is 0 Å². The number of nitrogens with zero attached hydrogens (tertiary/aromatic N) is 1.